The average molecular weight is 502 g/mol. The van der Waals surface area contributed by atoms with Crippen LogP contribution in [-0.2, 0) is 11.8 Å². The van der Waals surface area contributed by atoms with Gasteiger partial charge in [0.05, 0.1) is 0 Å². The lowest BCUT2D eigenvalue weighted by molar-refractivity contribution is 0.478. The van der Waals surface area contributed by atoms with Gasteiger partial charge >= 0.3 is 0 Å². The fraction of sp³-hybridized carbons (Fsp3) is 0.409. The summed E-state index contributed by atoms with van der Waals surface area (Å²) in [5.74, 6) is 1.91. The Kier molecular flexibility index (Phi) is 5.76. The second-order valence-electron chi connectivity index (χ2n) is 7.86. The van der Waals surface area contributed by atoms with Gasteiger partial charge in [-0.15, -0.1) is 34.2 Å². The summed E-state index contributed by atoms with van der Waals surface area (Å²) in [7, 11) is 1.87. The average Bonchev–Trinajstić information content (AvgIpc) is 3.45. The lowest BCUT2D eigenvalue weighted by Crippen LogP contribution is -2.44. The van der Waals surface area contributed by atoms with Crippen LogP contribution in [0.2, 0.25) is 0 Å². The Balaban J connectivity index is 0.00000205. The molecule has 1 fully saturated rings. The van der Waals surface area contributed by atoms with Gasteiger partial charge in [-0.05, 0) is 36.6 Å². The van der Waals surface area contributed by atoms with E-state index in [-0.39, 0.29) is 24.0 Å². The van der Waals surface area contributed by atoms with Crippen LogP contribution in [0.1, 0.15) is 37.1 Å². The normalized spacial score (nSPS) is 17.6. The molecule has 0 saturated heterocycles. The van der Waals surface area contributed by atoms with E-state index in [1.165, 1.54) is 36.9 Å². The summed E-state index contributed by atoms with van der Waals surface area (Å²) in [5, 5.41) is 12.1. The largest absolute Gasteiger partial charge is 0.355 e. The van der Waals surface area contributed by atoms with Gasteiger partial charge < -0.3 is 10.2 Å². The molecule has 6 nitrogen and oxygen atoms in total. The van der Waals surface area contributed by atoms with Gasteiger partial charge in [0.1, 0.15) is 5.82 Å². The number of hydrogen-bond donors (Lipinski definition) is 1. The third-order valence-corrected chi connectivity index (χ3v) is 6.27. The smallest absolute Gasteiger partial charge is 0.198 e. The molecule has 152 valence electrons. The van der Waals surface area contributed by atoms with E-state index < -0.39 is 0 Å². The number of anilines is 1. The number of pyridine rings is 1. The van der Waals surface area contributed by atoms with Crippen molar-refractivity contribution < 1.29 is 0 Å². The number of guanidine groups is 1. The molecule has 0 bridgehead atoms. The topological polar surface area (TPSA) is 57.8 Å². The van der Waals surface area contributed by atoms with Crippen LogP contribution in [-0.4, -0.2) is 40.7 Å². The Labute approximate surface area is 188 Å². The number of hydrogen-bond acceptors (Lipinski definition) is 3. The van der Waals surface area contributed by atoms with Crippen molar-refractivity contribution >= 4 is 41.3 Å². The Morgan fingerprint density at radius 3 is 2.72 bits per heavy atom. The molecular weight excluding hydrogens is 475 g/mol. The quantitative estimate of drug-likeness (QED) is 0.337. The molecule has 1 aliphatic carbocycles. The molecule has 0 radical (unpaired) electrons. The molecular formula is C22H27IN6. The Bertz CT molecular complexity index is 1020. The highest BCUT2D eigenvalue weighted by Crippen LogP contribution is 2.50. The number of benzene rings is 1. The molecule has 3 heterocycles. The van der Waals surface area contributed by atoms with Crippen LogP contribution in [0.4, 0.5) is 5.69 Å². The van der Waals surface area contributed by atoms with E-state index in [2.05, 4.69) is 49.7 Å². The number of halogens is 1. The summed E-state index contributed by atoms with van der Waals surface area (Å²) >= 11 is 0. The van der Waals surface area contributed by atoms with Gasteiger partial charge in [0, 0.05) is 43.9 Å². The van der Waals surface area contributed by atoms with Crippen molar-refractivity contribution in [2.24, 2.45) is 4.99 Å². The Hall–Kier alpha value is -2.16. The summed E-state index contributed by atoms with van der Waals surface area (Å²) in [6.45, 7) is 1.80. The lowest BCUT2D eigenvalue weighted by Gasteiger charge is -2.26. The lowest BCUT2D eigenvalue weighted by atomic mass is 9.81. The molecule has 0 amide bonds. The molecule has 0 atom stereocenters. The molecule has 2 aromatic heterocycles. The summed E-state index contributed by atoms with van der Waals surface area (Å²) in [4.78, 5) is 6.97. The van der Waals surface area contributed by atoms with E-state index in [9.17, 15) is 0 Å². The molecule has 1 saturated carbocycles. The van der Waals surface area contributed by atoms with Crippen molar-refractivity contribution in [3.63, 3.8) is 0 Å². The number of fused-ring (bicyclic) bond motifs is 3. The Morgan fingerprint density at radius 1 is 1.10 bits per heavy atom. The van der Waals surface area contributed by atoms with Crippen molar-refractivity contribution in [3.05, 3.63) is 60.0 Å². The van der Waals surface area contributed by atoms with E-state index in [0.717, 1.165) is 36.9 Å². The Morgan fingerprint density at radius 2 is 1.90 bits per heavy atom. The van der Waals surface area contributed by atoms with Crippen LogP contribution < -0.4 is 10.2 Å². The highest BCUT2D eigenvalue weighted by Gasteiger charge is 2.45. The molecule has 5 rings (SSSR count). The third kappa shape index (κ3) is 3.49. The minimum atomic E-state index is 0. The summed E-state index contributed by atoms with van der Waals surface area (Å²) in [5.41, 5.74) is 4.00. The van der Waals surface area contributed by atoms with Crippen molar-refractivity contribution in [3.8, 4) is 0 Å². The van der Waals surface area contributed by atoms with Crippen LogP contribution in [0.3, 0.4) is 0 Å². The zero-order valence-electron chi connectivity index (χ0n) is 16.7. The zero-order chi connectivity index (χ0) is 19.0. The van der Waals surface area contributed by atoms with E-state index in [1.54, 1.807) is 0 Å². The van der Waals surface area contributed by atoms with Gasteiger partial charge in [0.25, 0.3) is 0 Å². The maximum absolute atomic E-state index is 4.59. The van der Waals surface area contributed by atoms with E-state index in [4.69, 9.17) is 0 Å². The predicted molar refractivity (Wildman–Crippen MR) is 127 cm³/mol. The number of nitrogens with zero attached hydrogens (tertiary/aromatic N) is 5. The molecule has 1 aliphatic heterocycles. The van der Waals surface area contributed by atoms with Crippen LogP contribution >= 0.6 is 24.0 Å². The highest BCUT2D eigenvalue weighted by atomic mass is 127. The van der Waals surface area contributed by atoms with Crippen LogP contribution in [0.5, 0.6) is 0 Å². The first-order valence-corrected chi connectivity index (χ1v) is 10.2. The number of aromatic nitrogens is 3. The SMILES string of the molecule is CN=C(NCCc1nnc2ccccn12)N1CC2(CCCC2)c2ccccc21.I. The monoisotopic (exact) mass is 502 g/mol. The summed E-state index contributed by atoms with van der Waals surface area (Å²) in [6.07, 6.45) is 8.03. The van der Waals surface area contributed by atoms with Crippen molar-refractivity contribution in [1.29, 1.82) is 0 Å². The summed E-state index contributed by atoms with van der Waals surface area (Å²) < 4.78 is 2.04. The number of aliphatic imine (C=N–C) groups is 1. The van der Waals surface area contributed by atoms with Gasteiger partial charge in [-0.1, -0.05) is 37.1 Å². The first-order valence-electron chi connectivity index (χ1n) is 10.2. The fourth-order valence-electron chi connectivity index (χ4n) is 4.94. The molecule has 29 heavy (non-hydrogen) atoms. The number of rotatable bonds is 3. The van der Waals surface area contributed by atoms with Crippen molar-refractivity contribution in [1.82, 2.24) is 19.9 Å². The maximum atomic E-state index is 4.59. The second kappa shape index (κ2) is 8.30. The van der Waals surface area contributed by atoms with E-state index in [0.29, 0.717) is 5.41 Å². The minimum Gasteiger partial charge on any atom is -0.355 e. The standard InChI is InChI=1S/C22H26N6.HI/c1-23-21(24-14-11-20-26-25-19-10-4-7-15-27(19)20)28-16-22(12-5-6-13-22)17-8-2-3-9-18(17)28;/h2-4,7-10,15H,5-6,11-14,16H2,1H3,(H,23,24);1H. The first kappa shape index (κ1) is 20.1. The number of para-hydroxylation sites is 1. The minimum absolute atomic E-state index is 0. The first-order chi connectivity index (χ1) is 13.8. The molecule has 0 unspecified atom stereocenters. The van der Waals surface area contributed by atoms with Crippen molar-refractivity contribution in [2.45, 2.75) is 37.5 Å². The molecule has 1 spiro atoms. The molecule has 3 aromatic rings. The van der Waals surface area contributed by atoms with Gasteiger partial charge in [0.2, 0.25) is 0 Å². The summed E-state index contributed by atoms with van der Waals surface area (Å²) in [6, 6.07) is 14.8. The van der Waals surface area contributed by atoms with Crippen LogP contribution in [0, 0.1) is 0 Å². The van der Waals surface area contributed by atoms with Gasteiger partial charge in [-0.3, -0.25) is 9.39 Å². The second-order valence-corrected chi connectivity index (χ2v) is 7.86. The fourth-order valence-corrected chi connectivity index (χ4v) is 4.94. The number of nitrogens with one attached hydrogen (secondary N) is 1. The maximum Gasteiger partial charge on any atom is 0.198 e. The zero-order valence-corrected chi connectivity index (χ0v) is 19.0. The van der Waals surface area contributed by atoms with Gasteiger partial charge in [-0.25, -0.2) is 0 Å². The molecule has 1 aromatic carbocycles. The van der Waals surface area contributed by atoms with Crippen LogP contribution in [0.25, 0.3) is 5.65 Å². The molecule has 2 aliphatic rings. The molecule has 1 N–H and O–H groups in total. The third-order valence-electron chi connectivity index (χ3n) is 6.27. The predicted octanol–water partition coefficient (Wildman–Crippen LogP) is 3.80. The van der Waals surface area contributed by atoms with Gasteiger partial charge in [-0.2, -0.15) is 0 Å². The van der Waals surface area contributed by atoms with E-state index in [1.807, 2.05) is 35.8 Å². The van der Waals surface area contributed by atoms with E-state index >= 15 is 0 Å². The molecule has 7 heteroatoms. The van der Waals surface area contributed by atoms with Crippen molar-refractivity contribution in [2.75, 3.05) is 25.0 Å². The highest BCUT2D eigenvalue weighted by molar-refractivity contribution is 14.0. The van der Waals surface area contributed by atoms with Crippen LogP contribution in [0.15, 0.2) is 53.7 Å². The van der Waals surface area contributed by atoms with Gasteiger partial charge in [0.15, 0.2) is 11.6 Å².